The molecule has 0 atom stereocenters. The summed E-state index contributed by atoms with van der Waals surface area (Å²) in [7, 11) is 0. The van der Waals surface area contributed by atoms with Crippen LogP contribution in [0.25, 0.3) is 0 Å². The molecule has 1 aromatic heterocycles. The van der Waals surface area contributed by atoms with Crippen molar-refractivity contribution in [3.05, 3.63) is 89.4 Å². The lowest BCUT2D eigenvalue weighted by atomic mass is 9.87. The minimum Gasteiger partial charge on any atom is -0.467 e. The second-order valence-corrected chi connectivity index (χ2v) is 7.62. The van der Waals surface area contributed by atoms with Gasteiger partial charge in [0.05, 0.1) is 12.8 Å². The summed E-state index contributed by atoms with van der Waals surface area (Å²) in [5, 5.41) is 5.64. The van der Waals surface area contributed by atoms with Crippen molar-refractivity contribution in [3.63, 3.8) is 0 Å². The summed E-state index contributed by atoms with van der Waals surface area (Å²) in [6.07, 6.45) is 1.57. The van der Waals surface area contributed by atoms with Crippen LogP contribution in [-0.4, -0.2) is 11.8 Å². The standard InChI is InChI=1S/C23H24N2O3/c1-23(2,3)18-10-6-17(7-11-18)22(27)25-19-12-8-16(9-13-19)21(26)24-15-20-5-4-14-28-20/h4-14H,15H2,1-3H3,(H,24,26)(H,25,27). The van der Waals surface area contributed by atoms with Crippen LogP contribution in [0, 0.1) is 0 Å². The quantitative estimate of drug-likeness (QED) is 0.674. The molecule has 28 heavy (non-hydrogen) atoms. The summed E-state index contributed by atoms with van der Waals surface area (Å²) in [6.45, 7) is 6.73. The van der Waals surface area contributed by atoms with Crippen LogP contribution >= 0.6 is 0 Å². The monoisotopic (exact) mass is 376 g/mol. The Balaban J connectivity index is 1.59. The van der Waals surface area contributed by atoms with Crippen LogP contribution in [0.5, 0.6) is 0 Å². The Morgan fingerprint density at radius 2 is 1.46 bits per heavy atom. The van der Waals surface area contributed by atoms with Crippen molar-refractivity contribution < 1.29 is 14.0 Å². The molecular weight excluding hydrogens is 352 g/mol. The molecule has 144 valence electrons. The van der Waals surface area contributed by atoms with E-state index in [2.05, 4.69) is 31.4 Å². The first-order chi connectivity index (χ1) is 13.3. The van der Waals surface area contributed by atoms with Gasteiger partial charge in [-0.25, -0.2) is 0 Å². The second-order valence-electron chi connectivity index (χ2n) is 7.62. The van der Waals surface area contributed by atoms with Crippen molar-refractivity contribution in [2.45, 2.75) is 32.7 Å². The Hall–Kier alpha value is -3.34. The molecule has 0 unspecified atom stereocenters. The fourth-order valence-electron chi connectivity index (χ4n) is 2.71. The van der Waals surface area contributed by atoms with Gasteiger partial charge in [-0.05, 0) is 59.5 Å². The molecule has 0 aliphatic carbocycles. The van der Waals surface area contributed by atoms with Crippen LogP contribution < -0.4 is 10.6 Å². The third-order valence-electron chi connectivity index (χ3n) is 4.42. The van der Waals surface area contributed by atoms with Gasteiger partial charge in [0.2, 0.25) is 0 Å². The van der Waals surface area contributed by atoms with E-state index in [-0.39, 0.29) is 17.2 Å². The molecule has 0 bridgehead atoms. The van der Waals surface area contributed by atoms with Crippen molar-refractivity contribution in [1.29, 1.82) is 0 Å². The van der Waals surface area contributed by atoms with E-state index in [1.54, 1.807) is 42.7 Å². The second kappa shape index (κ2) is 8.13. The third-order valence-corrected chi connectivity index (χ3v) is 4.42. The largest absolute Gasteiger partial charge is 0.467 e. The maximum absolute atomic E-state index is 12.4. The molecule has 2 amide bonds. The van der Waals surface area contributed by atoms with Crippen molar-refractivity contribution in [1.82, 2.24) is 5.32 Å². The lowest BCUT2D eigenvalue weighted by Gasteiger charge is -2.19. The smallest absolute Gasteiger partial charge is 0.255 e. The SMILES string of the molecule is CC(C)(C)c1ccc(C(=O)Nc2ccc(C(=O)NCc3ccco3)cc2)cc1. The molecule has 0 saturated carbocycles. The van der Waals surface area contributed by atoms with Gasteiger partial charge in [-0.15, -0.1) is 0 Å². The molecule has 3 aromatic rings. The predicted octanol–water partition coefficient (Wildman–Crippen LogP) is 4.76. The lowest BCUT2D eigenvalue weighted by molar-refractivity contribution is 0.0947. The van der Waals surface area contributed by atoms with Crippen LogP contribution in [0.15, 0.2) is 71.3 Å². The Morgan fingerprint density at radius 1 is 0.857 bits per heavy atom. The minimum atomic E-state index is -0.202. The van der Waals surface area contributed by atoms with E-state index in [0.29, 0.717) is 29.1 Å². The molecule has 0 spiro atoms. The lowest BCUT2D eigenvalue weighted by Crippen LogP contribution is -2.22. The first-order valence-corrected chi connectivity index (χ1v) is 9.15. The average molecular weight is 376 g/mol. The van der Waals surface area contributed by atoms with Gasteiger partial charge >= 0.3 is 0 Å². The molecule has 3 rings (SSSR count). The third kappa shape index (κ3) is 4.88. The zero-order valence-corrected chi connectivity index (χ0v) is 16.3. The van der Waals surface area contributed by atoms with Crippen LogP contribution in [-0.2, 0) is 12.0 Å². The van der Waals surface area contributed by atoms with Gasteiger partial charge in [0, 0.05) is 16.8 Å². The number of benzene rings is 2. The highest BCUT2D eigenvalue weighted by Crippen LogP contribution is 2.22. The molecule has 5 heteroatoms. The van der Waals surface area contributed by atoms with Crippen molar-refractivity contribution in [2.75, 3.05) is 5.32 Å². The first-order valence-electron chi connectivity index (χ1n) is 9.15. The molecule has 2 aromatic carbocycles. The highest BCUT2D eigenvalue weighted by molar-refractivity contribution is 6.04. The number of carbonyl (C=O) groups excluding carboxylic acids is 2. The first kappa shape index (κ1) is 19.4. The molecule has 5 nitrogen and oxygen atoms in total. The van der Waals surface area contributed by atoms with Crippen molar-refractivity contribution in [3.8, 4) is 0 Å². The van der Waals surface area contributed by atoms with E-state index in [0.717, 1.165) is 0 Å². The van der Waals surface area contributed by atoms with E-state index in [4.69, 9.17) is 4.42 Å². The highest BCUT2D eigenvalue weighted by atomic mass is 16.3. The van der Waals surface area contributed by atoms with Crippen LogP contribution in [0.3, 0.4) is 0 Å². The van der Waals surface area contributed by atoms with E-state index in [1.807, 2.05) is 24.3 Å². The molecule has 0 saturated heterocycles. The molecular formula is C23H24N2O3. The van der Waals surface area contributed by atoms with E-state index in [1.165, 1.54) is 5.56 Å². The summed E-state index contributed by atoms with van der Waals surface area (Å²) in [6, 6.07) is 17.9. The highest BCUT2D eigenvalue weighted by Gasteiger charge is 2.14. The van der Waals surface area contributed by atoms with Crippen LogP contribution in [0.4, 0.5) is 5.69 Å². The van der Waals surface area contributed by atoms with Gasteiger partial charge in [0.15, 0.2) is 0 Å². The minimum absolute atomic E-state index is 0.0440. The summed E-state index contributed by atoms with van der Waals surface area (Å²) in [5.74, 6) is 0.303. The van der Waals surface area contributed by atoms with Gasteiger partial charge in [-0.2, -0.15) is 0 Å². The molecule has 2 N–H and O–H groups in total. The maximum atomic E-state index is 12.4. The molecule has 1 heterocycles. The zero-order valence-electron chi connectivity index (χ0n) is 16.3. The van der Waals surface area contributed by atoms with E-state index in [9.17, 15) is 9.59 Å². The maximum Gasteiger partial charge on any atom is 0.255 e. The summed E-state index contributed by atoms with van der Waals surface area (Å²) in [4.78, 5) is 24.6. The summed E-state index contributed by atoms with van der Waals surface area (Å²) >= 11 is 0. The van der Waals surface area contributed by atoms with Gasteiger partial charge in [0.25, 0.3) is 11.8 Å². The Bertz CT molecular complexity index is 935. The average Bonchev–Trinajstić information content (AvgIpc) is 3.20. The number of anilines is 1. The topological polar surface area (TPSA) is 71.3 Å². The summed E-state index contributed by atoms with van der Waals surface area (Å²) in [5.41, 5.74) is 2.95. The number of furan rings is 1. The van der Waals surface area contributed by atoms with E-state index < -0.39 is 0 Å². The molecule has 0 fully saturated rings. The summed E-state index contributed by atoms with van der Waals surface area (Å²) < 4.78 is 5.19. The Kier molecular flexibility index (Phi) is 5.64. The number of nitrogens with one attached hydrogen (secondary N) is 2. The number of amides is 2. The van der Waals surface area contributed by atoms with Crippen molar-refractivity contribution >= 4 is 17.5 Å². The fraction of sp³-hybridized carbons (Fsp3) is 0.217. The number of hydrogen-bond acceptors (Lipinski definition) is 3. The van der Waals surface area contributed by atoms with Crippen LogP contribution in [0.1, 0.15) is 52.8 Å². The number of hydrogen-bond donors (Lipinski definition) is 2. The van der Waals surface area contributed by atoms with Gasteiger partial charge in [-0.1, -0.05) is 32.9 Å². The molecule has 0 aliphatic heterocycles. The molecule has 0 radical (unpaired) electrons. The van der Waals surface area contributed by atoms with E-state index >= 15 is 0 Å². The van der Waals surface area contributed by atoms with Gasteiger partial charge in [0.1, 0.15) is 5.76 Å². The van der Waals surface area contributed by atoms with Gasteiger partial charge in [-0.3, -0.25) is 9.59 Å². The zero-order chi connectivity index (χ0) is 20.1. The van der Waals surface area contributed by atoms with Crippen molar-refractivity contribution in [2.24, 2.45) is 0 Å². The normalized spacial score (nSPS) is 11.1. The number of rotatable bonds is 5. The fourth-order valence-corrected chi connectivity index (χ4v) is 2.71. The predicted molar refractivity (Wildman–Crippen MR) is 109 cm³/mol. The Morgan fingerprint density at radius 3 is 2.04 bits per heavy atom. The number of carbonyl (C=O) groups is 2. The Labute approximate surface area is 164 Å². The van der Waals surface area contributed by atoms with Crippen LogP contribution in [0.2, 0.25) is 0 Å². The molecule has 0 aliphatic rings. The van der Waals surface area contributed by atoms with Gasteiger partial charge < -0.3 is 15.1 Å².